The number of alkyl halides is 3. The molecule has 1 aromatic rings. The van der Waals surface area contributed by atoms with Crippen LogP contribution in [-0.2, 0) is 10.2 Å². The fraction of sp³-hybridized carbons (Fsp3) is 0.692. The summed E-state index contributed by atoms with van der Waals surface area (Å²) in [6.45, 7) is 4.84. The number of thiophene rings is 1. The lowest BCUT2D eigenvalue weighted by atomic mass is 9.95. The number of hydrogen-bond donors (Lipinski definition) is 1. The van der Waals surface area contributed by atoms with Crippen LogP contribution >= 0.6 is 11.3 Å². The van der Waals surface area contributed by atoms with E-state index in [9.17, 15) is 18.3 Å². The van der Waals surface area contributed by atoms with E-state index < -0.39 is 18.9 Å². The van der Waals surface area contributed by atoms with Gasteiger partial charge >= 0.3 is 6.18 Å². The minimum Gasteiger partial charge on any atom is -0.387 e. The van der Waals surface area contributed by atoms with Crippen LogP contribution in [0.5, 0.6) is 0 Å². The van der Waals surface area contributed by atoms with Crippen molar-refractivity contribution < 1.29 is 23.0 Å². The van der Waals surface area contributed by atoms with Crippen molar-refractivity contribution in [1.82, 2.24) is 0 Å². The van der Waals surface area contributed by atoms with Gasteiger partial charge in [0.2, 0.25) is 0 Å². The van der Waals surface area contributed by atoms with E-state index in [1.165, 1.54) is 11.3 Å². The standard InChI is InChI=1S/C13H19F3O2S/c1-12(2,3)11-5-4-10(19-11)9(17)6-7-18-8-13(14,15)16/h4-5,9,17H,6-8H2,1-3H3. The lowest BCUT2D eigenvalue weighted by Gasteiger charge is -2.15. The van der Waals surface area contributed by atoms with Crippen LogP contribution in [-0.4, -0.2) is 24.5 Å². The molecule has 0 aliphatic rings. The smallest absolute Gasteiger partial charge is 0.387 e. The Labute approximate surface area is 115 Å². The molecule has 6 heteroatoms. The van der Waals surface area contributed by atoms with Gasteiger partial charge in [0.1, 0.15) is 6.61 Å². The van der Waals surface area contributed by atoms with Crippen LogP contribution < -0.4 is 0 Å². The summed E-state index contributed by atoms with van der Waals surface area (Å²) < 4.78 is 40.0. The van der Waals surface area contributed by atoms with Crippen molar-refractivity contribution in [2.24, 2.45) is 0 Å². The number of halogens is 3. The molecule has 1 atom stereocenters. The third-order valence-electron chi connectivity index (χ3n) is 2.50. The number of ether oxygens (including phenoxy) is 1. The molecular weight excluding hydrogens is 277 g/mol. The van der Waals surface area contributed by atoms with Crippen molar-refractivity contribution in [3.63, 3.8) is 0 Å². The fourth-order valence-electron chi connectivity index (χ4n) is 1.46. The first-order valence-electron chi connectivity index (χ1n) is 6.02. The molecule has 1 rings (SSSR count). The molecule has 1 N–H and O–H groups in total. The SMILES string of the molecule is CC(C)(C)c1ccc(C(O)CCOCC(F)(F)F)s1. The molecule has 0 amide bonds. The van der Waals surface area contributed by atoms with Gasteiger partial charge in [-0.05, 0) is 17.5 Å². The second kappa shape index (κ2) is 6.24. The highest BCUT2D eigenvalue weighted by Crippen LogP contribution is 2.33. The first-order valence-corrected chi connectivity index (χ1v) is 6.84. The van der Waals surface area contributed by atoms with Gasteiger partial charge in [0.25, 0.3) is 0 Å². The predicted octanol–water partition coefficient (Wildman–Crippen LogP) is 4.05. The van der Waals surface area contributed by atoms with Crippen LogP contribution in [0.3, 0.4) is 0 Å². The summed E-state index contributed by atoms with van der Waals surface area (Å²) in [4.78, 5) is 1.90. The number of aliphatic hydroxyl groups excluding tert-OH is 1. The van der Waals surface area contributed by atoms with E-state index in [-0.39, 0.29) is 18.4 Å². The van der Waals surface area contributed by atoms with Gasteiger partial charge in [0.05, 0.1) is 6.10 Å². The Balaban J connectivity index is 2.42. The average molecular weight is 296 g/mol. The molecule has 1 aromatic heterocycles. The first kappa shape index (κ1) is 16.5. The van der Waals surface area contributed by atoms with Gasteiger partial charge in [-0.2, -0.15) is 13.2 Å². The first-order chi connectivity index (χ1) is 8.59. The molecule has 110 valence electrons. The number of hydrogen-bond acceptors (Lipinski definition) is 3. The summed E-state index contributed by atoms with van der Waals surface area (Å²) in [5.74, 6) is 0. The van der Waals surface area contributed by atoms with Crippen LogP contribution in [0.15, 0.2) is 12.1 Å². The van der Waals surface area contributed by atoms with Gasteiger partial charge in [-0.15, -0.1) is 11.3 Å². The van der Waals surface area contributed by atoms with Crippen LogP contribution in [0.1, 0.15) is 43.1 Å². The van der Waals surface area contributed by atoms with Crippen molar-refractivity contribution >= 4 is 11.3 Å². The predicted molar refractivity (Wildman–Crippen MR) is 69.5 cm³/mol. The fourth-order valence-corrected chi connectivity index (χ4v) is 2.55. The number of rotatable bonds is 5. The molecule has 1 unspecified atom stereocenters. The summed E-state index contributed by atoms with van der Waals surface area (Å²) >= 11 is 1.48. The third-order valence-corrected chi connectivity index (χ3v) is 4.11. The topological polar surface area (TPSA) is 29.5 Å². The molecule has 2 nitrogen and oxygen atoms in total. The third kappa shape index (κ3) is 5.93. The van der Waals surface area contributed by atoms with E-state index in [4.69, 9.17) is 0 Å². The monoisotopic (exact) mass is 296 g/mol. The van der Waals surface area contributed by atoms with E-state index in [2.05, 4.69) is 25.5 Å². The van der Waals surface area contributed by atoms with Crippen molar-refractivity contribution in [2.45, 2.75) is 44.9 Å². The molecule has 1 heterocycles. The molecule has 0 spiro atoms. The molecule has 0 radical (unpaired) electrons. The van der Waals surface area contributed by atoms with Crippen LogP contribution in [0.2, 0.25) is 0 Å². The maximum atomic E-state index is 11.9. The van der Waals surface area contributed by atoms with Gasteiger partial charge in [-0.25, -0.2) is 0 Å². The van der Waals surface area contributed by atoms with Crippen LogP contribution in [0, 0.1) is 0 Å². The minimum atomic E-state index is -4.31. The van der Waals surface area contributed by atoms with Crippen molar-refractivity contribution in [3.05, 3.63) is 21.9 Å². The minimum absolute atomic E-state index is 0.00935. The second-order valence-corrected chi connectivity index (χ2v) is 6.54. The molecular formula is C13H19F3O2S. The van der Waals surface area contributed by atoms with Crippen molar-refractivity contribution in [1.29, 1.82) is 0 Å². The Kier molecular flexibility index (Phi) is 5.41. The quantitative estimate of drug-likeness (QED) is 0.831. The highest BCUT2D eigenvalue weighted by Gasteiger charge is 2.27. The van der Waals surface area contributed by atoms with Crippen LogP contribution in [0.4, 0.5) is 13.2 Å². The zero-order valence-electron chi connectivity index (χ0n) is 11.3. The highest BCUT2D eigenvalue weighted by molar-refractivity contribution is 7.12. The second-order valence-electron chi connectivity index (χ2n) is 5.42. The van der Waals surface area contributed by atoms with Crippen LogP contribution in [0.25, 0.3) is 0 Å². The molecule has 0 aliphatic carbocycles. The van der Waals surface area contributed by atoms with Gasteiger partial charge < -0.3 is 9.84 Å². The summed E-state index contributed by atoms with van der Waals surface area (Å²) in [5, 5.41) is 9.88. The molecule has 0 bridgehead atoms. The van der Waals surface area contributed by atoms with Crippen molar-refractivity contribution in [2.75, 3.05) is 13.2 Å². The van der Waals surface area contributed by atoms with Gasteiger partial charge in [-0.3, -0.25) is 0 Å². The van der Waals surface area contributed by atoms with Gasteiger partial charge in [0, 0.05) is 22.8 Å². The Bertz CT molecular complexity index is 393. The Hall–Kier alpha value is -0.590. The highest BCUT2D eigenvalue weighted by atomic mass is 32.1. The average Bonchev–Trinajstić information content (AvgIpc) is 2.71. The zero-order chi connectivity index (χ0) is 14.7. The van der Waals surface area contributed by atoms with E-state index in [1.807, 2.05) is 12.1 Å². The zero-order valence-corrected chi connectivity index (χ0v) is 12.1. The molecule has 19 heavy (non-hydrogen) atoms. The summed E-state index contributed by atoms with van der Waals surface area (Å²) in [5.41, 5.74) is 0.00935. The molecule has 0 fully saturated rings. The summed E-state index contributed by atoms with van der Waals surface area (Å²) in [6, 6.07) is 3.76. The molecule has 0 saturated heterocycles. The molecule has 0 saturated carbocycles. The van der Waals surface area contributed by atoms with E-state index in [0.29, 0.717) is 0 Å². The van der Waals surface area contributed by atoms with E-state index in [1.54, 1.807) is 0 Å². The van der Waals surface area contributed by atoms with E-state index >= 15 is 0 Å². The van der Waals surface area contributed by atoms with Gasteiger partial charge in [-0.1, -0.05) is 20.8 Å². The maximum Gasteiger partial charge on any atom is 0.411 e. The van der Waals surface area contributed by atoms with Gasteiger partial charge in [0.15, 0.2) is 0 Å². The van der Waals surface area contributed by atoms with Crippen molar-refractivity contribution in [3.8, 4) is 0 Å². The molecule has 0 aromatic carbocycles. The lowest BCUT2D eigenvalue weighted by molar-refractivity contribution is -0.175. The van der Waals surface area contributed by atoms with E-state index in [0.717, 1.165) is 9.75 Å². The Morgan fingerprint density at radius 2 is 1.89 bits per heavy atom. The number of aliphatic hydroxyl groups is 1. The lowest BCUT2D eigenvalue weighted by Crippen LogP contribution is -2.18. The summed E-state index contributed by atoms with van der Waals surface area (Å²) in [6.07, 6.45) is -4.91. The normalized spacial score (nSPS) is 14.7. The summed E-state index contributed by atoms with van der Waals surface area (Å²) in [7, 11) is 0. The molecule has 0 aliphatic heterocycles. The maximum absolute atomic E-state index is 11.9. The largest absolute Gasteiger partial charge is 0.411 e. The Morgan fingerprint density at radius 1 is 1.26 bits per heavy atom. The Morgan fingerprint density at radius 3 is 2.37 bits per heavy atom.